The Bertz CT molecular complexity index is 745. The Morgan fingerprint density at radius 2 is 2.22 bits per heavy atom. The normalized spacial score (nSPS) is 10.6. The lowest BCUT2D eigenvalue weighted by molar-refractivity contribution is -0.123. The summed E-state index contributed by atoms with van der Waals surface area (Å²) in [4.78, 5) is 11.8. The van der Waals surface area contributed by atoms with Gasteiger partial charge in [0, 0.05) is 25.6 Å². The van der Waals surface area contributed by atoms with Crippen molar-refractivity contribution in [2.45, 2.75) is 19.9 Å². The molecule has 0 bridgehead atoms. The molecule has 2 rings (SSSR count). The number of halogens is 2. The summed E-state index contributed by atoms with van der Waals surface area (Å²) in [5.74, 6) is 1.07. The van der Waals surface area contributed by atoms with Crippen LogP contribution in [0.4, 0.5) is 0 Å². The summed E-state index contributed by atoms with van der Waals surface area (Å²) in [6, 6.07) is 4.83. The summed E-state index contributed by atoms with van der Waals surface area (Å²) in [5, 5.41) is 10.5. The summed E-state index contributed by atoms with van der Waals surface area (Å²) in [6.07, 6.45) is 0.583. The topological polar surface area (TPSA) is 71.9 Å². The van der Waals surface area contributed by atoms with Gasteiger partial charge in [0.05, 0.1) is 10.0 Å². The molecular formula is C14H16Cl2N4O2S. The molecule has 6 nitrogen and oxygen atoms in total. The second kappa shape index (κ2) is 8.33. The van der Waals surface area contributed by atoms with Crippen molar-refractivity contribution in [1.29, 1.82) is 0 Å². The molecule has 2 N–H and O–H groups in total. The van der Waals surface area contributed by atoms with Gasteiger partial charge in [-0.1, -0.05) is 23.2 Å². The zero-order valence-corrected chi connectivity index (χ0v) is 14.8. The summed E-state index contributed by atoms with van der Waals surface area (Å²) in [5.41, 5.74) is 0. The van der Waals surface area contributed by atoms with E-state index in [-0.39, 0.29) is 12.5 Å². The molecule has 2 aromatic rings. The zero-order chi connectivity index (χ0) is 16.8. The van der Waals surface area contributed by atoms with E-state index < -0.39 is 0 Å². The van der Waals surface area contributed by atoms with Crippen LogP contribution in [0, 0.1) is 4.77 Å². The van der Waals surface area contributed by atoms with Gasteiger partial charge < -0.3 is 14.6 Å². The molecule has 0 fully saturated rings. The molecule has 1 aromatic carbocycles. The minimum Gasteiger partial charge on any atom is -0.484 e. The lowest BCUT2D eigenvalue weighted by Gasteiger charge is -2.08. The van der Waals surface area contributed by atoms with Crippen LogP contribution < -0.4 is 10.1 Å². The quantitative estimate of drug-likeness (QED) is 0.730. The van der Waals surface area contributed by atoms with Crippen molar-refractivity contribution in [3.8, 4) is 5.75 Å². The Morgan fingerprint density at radius 1 is 1.43 bits per heavy atom. The molecule has 0 aliphatic rings. The highest BCUT2D eigenvalue weighted by atomic mass is 35.5. The van der Waals surface area contributed by atoms with Gasteiger partial charge in [-0.2, -0.15) is 5.10 Å². The van der Waals surface area contributed by atoms with Crippen LogP contribution in [0.15, 0.2) is 18.2 Å². The van der Waals surface area contributed by atoms with Crippen molar-refractivity contribution in [2.75, 3.05) is 13.2 Å². The number of ether oxygens (including phenoxy) is 1. The van der Waals surface area contributed by atoms with E-state index in [4.69, 9.17) is 40.2 Å². The Kier molecular flexibility index (Phi) is 6.44. The molecule has 1 aromatic heterocycles. The van der Waals surface area contributed by atoms with Crippen LogP contribution in [0.5, 0.6) is 5.75 Å². The molecule has 0 aliphatic carbocycles. The number of rotatable bonds is 7. The fourth-order valence-corrected chi connectivity index (χ4v) is 2.52. The smallest absolute Gasteiger partial charge is 0.257 e. The van der Waals surface area contributed by atoms with Crippen LogP contribution in [0.25, 0.3) is 0 Å². The number of nitrogens with one attached hydrogen (secondary N) is 2. The summed E-state index contributed by atoms with van der Waals surface area (Å²) in [7, 11) is 0. The number of aromatic amines is 1. The standard InChI is InChI=1S/C14H16Cl2N4O2S/c1-2-20-12(18-19-14(20)23)5-6-17-13(21)8-22-9-3-4-10(15)11(16)7-9/h3-4,7H,2,5-6,8H2,1H3,(H,17,21)(H,19,23). The first-order chi connectivity index (χ1) is 11.0. The van der Waals surface area contributed by atoms with Crippen LogP contribution in [-0.4, -0.2) is 33.8 Å². The Morgan fingerprint density at radius 3 is 2.91 bits per heavy atom. The molecule has 0 aliphatic heterocycles. The summed E-state index contributed by atoms with van der Waals surface area (Å²) in [6.45, 7) is 3.07. The lowest BCUT2D eigenvalue weighted by Crippen LogP contribution is -2.31. The SMILES string of the molecule is CCn1c(CCNC(=O)COc2ccc(Cl)c(Cl)c2)n[nH]c1=S. The highest BCUT2D eigenvalue weighted by molar-refractivity contribution is 7.71. The molecule has 0 spiro atoms. The van der Waals surface area contributed by atoms with Crippen molar-refractivity contribution in [3.63, 3.8) is 0 Å². The number of amides is 1. The van der Waals surface area contributed by atoms with Gasteiger partial charge in [-0.25, -0.2) is 0 Å². The third kappa shape index (κ3) is 4.95. The van der Waals surface area contributed by atoms with E-state index in [1.165, 1.54) is 0 Å². The second-order valence-corrected chi connectivity index (χ2v) is 5.85. The van der Waals surface area contributed by atoms with Gasteiger partial charge >= 0.3 is 0 Å². The van der Waals surface area contributed by atoms with Crippen LogP contribution in [0.2, 0.25) is 10.0 Å². The number of hydrogen-bond donors (Lipinski definition) is 2. The maximum absolute atomic E-state index is 11.8. The van der Waals surface area contributed by atoms with Crippen LogP contribution >= 0.6 is 35.4 Å². The number of aromatic nitrogens is 3. The number of hydrogen-bond acceptors (Lipinski definition) is 4. The first-order valence-corrected chi connectivity index (χ1v) is 8.16. The predicted molar refractivity (Wildman–Crippen MR) is 91.8 cm³/mol. The van der Waals surface area contributed by atoms with Gasteiger partial charge in [0.2, 0.25) is 0 Å². The largest absolute Gasteiger partial charge is 0.484 e. The lowest BCUT2D eigenvalue weighted by atomic mass is 10.3. The number of benzene rings is 1. The molecule has 124 valence electrons. The van der Waals surface area contributed by atoms with Crippen LogP contribution in [0.3, 0.4) is 0 Å². The van der Waals surface area contributed by atoms with Crippen LogP contribution in [0.1, 0.15) is 12.7 Å². The fraction of sp³-hybridized carbons (Fsp3) is 0.357. The average Bonchev–Trinajstić information content (AvgIpc) is 2.88. The number of carbonyl (C=O) groups excluding carboxylic acids is 1. The minimum atomic E-state index is -0.228. The third-order valence-electron chi connectivity index (χ3n) is 3.09. The first-order valence-electron chi connectivity index (χ1n) is 7.00. The van der Waals surface area contributed by atoms with E-state index in [1.54, 1.807) is 18.2 Å². The fourth-order valence-electron chi connectivity index (χ4n) is 1.95. The maximum Gasteiger partial charge on any atom is 0.257 e. The zero-order valence-electron chi connectivity index (χ0n) is 12.4. The van der Waals surface area contributed by atoms with E-state index in [9.17, 15) is 4.79 Å². The highest BCUT2D eigenvalue weighted by Gasteiger charge is 2.07. The predicted octanol–water partition coefficient (Wildman–Crippen LogP) is 3.01. The molecule has 1 amide bonds. The van der Waals surface area contributed by atoms with E-state index >= 15 is 0 Å². The number of carbonyl (C=O) groups is 1. The molecule has 0 saturated carbocycles. The Labute approximate surface area is 148 Å². The molecule has 1 heterocycles. The Balaban J connectivity index is 1.76. The van der Waals surface area contributed by atoms with Gasteiger partial charge in [0.1, 0.15) is 11.6 Å². The van der Waals surface area contributed by atoms with Crippen molar-refractivity contribution in [1.82, 2.24) is 20.1 Å². The second-order valence-electron chi connectivity index (χ2n) is 4.65. The van der Waals surface area contributed by atoms with Crippen molar-refractivity contribution < 1.29 is 9.53 Å². The van der Waals surface area contributed by atoms with Gasteiger partial charge in [-0.3, -0.25) is 9.89 Å². The van der Waals surface area contributed by atoms with E-state index in [0.717, 1.165) is 12.4 Å². The van der Waals surface area contributed by atoms with E-state index in [0.29, 0.717) is 33.5 Å². The van der Waals surface area contributed by atoms with E-state index in [2.05, 4.69) is 15.5 Å². The molecule has 9 heteroatoms. The van der Waals surface area contributed by atoms with E-state index in [1.807, 2.05) is 11.5 Å². The van der Waals surface area contributed by atoms with Crippen molar-refractivity contribution in [2.24, 2.45) is 0 Å². The Hall–Kier alpha value is -1.57. The summed E-state index contributed by atoms with van der Waals surface area (Å²) >= 11 is 16.8. The molecule has 0 saturated heterocycles. The number of H-pyrrole nitrogens is 1. The molecule has 0 unspecified atom stereocenters. The molecule has 0 atom stereocenters. The van der Waals surface area contributed by atoms with Crippen LogP contribution in [-0.2, 0) is 17.8 Å². The van der Waals surface area contributed by atoms with Crippen molar-refractivity contribution >= 4 is 41.3 Å². The first kappa shape index (κ1) is 17.8. The minimum absolute atomic E-state index is 0.0986. The van der Waals surface area contributed by atoms with Gasteiger partial charge in [0.15, 0.2) is 11.4 Å². The third-order valence-corrected chi connectivity index (χ3v) is 4.14. The number of nitrogens with zero attached hydrogens (tertiary/aromatic N) is 2. The average molecular weight is 375 g/mol. The maximum atomic E-state index is 11.8. The van der Waals surface area contributed by atoms with Gasteiger partial charge in [-0.05, 0) is 31.3 Å². The molecular weight excluding hydrogens is 359 g/mol. The molecule has 23 heavy (non-hydrogen) atoms. The molecule has 0 radical (unpaired) electrons. The van der Waals surface area contributed by atoms with Gasteiger partial charge in [0.25, 0.3) is 5.91 Å². The van der Waals surface area contributed by atoms with Gasteiger partial charge in [-0.15, -0.1) is 0 Å². The summed E-state index contributed by atoms with van der Waals surface area (Å²) < 4.78 is 7.82. The monoisotopic (exact) mass is 374 g/mol. The van der Waals surface area contributed by atoms with Crippen molar-refractivity contribution in [3.05, 3.63) is 38.8 Å². The highest BCUT2D eigenvalue weighted by Crippen LogP contribution is 2.26.